The molecule has 0 aliphatic carbocycles. The van der Waals surface area contributed by atoms with Crippen molar-refractivity contribution in [2.45, 2.75) is 13.1 Å². The van der Waals surface area contributed by atoms with Gasteiger partial charge in [-0.2, -0.15) is 13.2 Å². The van der Waals surface area contributed by atoms with Gasteiger partial charge in [-0.25, -0.2) is 0 Å². The summed E-state index contributed by atoms with van der Waals surface area (Å²) in [6.07, 6.45) is -4.53. The van der Waals surface area contributed by atoms with Crippen molar-refractivity contribution in [2.75, 3.05) is 10.6 Å². The van der Waals surface area contributed by atoms with Crippen molar-refractivity contribution in [1.82, 2.24) is 0 Å². The van der Waals surface area contributed by atoms with Gasteiger partial charge in [0.15, 0.2) is 5.11 Å². The van der Waals surface area contributed by atoms with Crippen LogP contribution in [-0.4, -0.2) is 10.0 Å². The third kappa shape index (κ3) is 3.99. The lowest BCUT2D eigenvalue weighted by Gasteiger charge is -2.16. The van der Waals surface area contributed by atoms with E-state index in [0.717, 1.165) is 6.07 Å². The molecule has 0 heterocycles. The quantitative estimate of drug-likeness (QED) is 0.473. The van der Waals surface area contributed by atoms with Crippen molar-refractivity contribution in [3.05, 3.63) is 63.7 Å². The Kier molecular flexibility index (Phi) is 5.03. The number of benzene rings is 2. The summed E-state index contributed by atoms with van der Waals surface area (Å²) in [7, 11) is 0. The molecule has 0 bridgehead atoms. The van der Waals surface area contributed by atoms with Crippen LogP contribution >= 0.6 is 12.2 Å². The molecular weight excluding hydrogens is 343 g/mol. The molecule has 0 aliphatic heterocycles. The van der Waals surface area contributed by atoms with Crippen molar-refractivity contribution in [3.63, 3.8) is 0 Å². The highest BCUT2D eigenvalue weighted by Crippen LogP contribution is 2.34. The molecule has 0 aromatic heterocycles. The molecule has 24 heavy (non-hydrogen) atoms. The lowest BCUT2D eigenvalue weighted by Crippen LogP contribution is -2.22. The Morgan fingerprint density at radius 2 is 1.67 bits per heavy atom. The Bertz CT molecular complexity index is 794. The zero-order valence-corrected chi connectivity index (χ0v) is 13.2. The highest BCUT2D eigenvalue weighted by molar-refractivity contribution is 7.80. The molecule has 2 aromatic carbocycles. The van der Waals surface area contributed by atoms with Crippen LogP contribution in [0.15, 0.2) is 42.5 Å². The molecule has 2 aromatic rings. The van der Waals surface area contributed by atoms with Crippen LogP contribution in [0.3, 0.4) is 0 Å². The van der Waals surface area contributed by atoms with E-state index in [-0.39, 0.29) is 16.5 Å². The number of alkyl halides is 3. The topological polar surface area (TPSA) is 67.2 Å². The van der Waals surface area contributed by atoms with Crippen molar-refractivity contribution in [2.24, 2.45) is 0 Å². The van der Waals surface area contributed by atoms with Gasteiger partial charge in [0.2, 0.25) is 0 Å². The average Bonchev–Trinajstić information content (AvgIpc) is 2.48. The monoisotopic (exact) mass is 355 g/mol. The minimum atomic E-state index is -4.53. The van der Waals surface area contributed by atoms with Gasteiger partial charge in [-0.3, -0.25) is 10.1 Å². The van der Waals surface area contributed by atoms with Crippen LogP contribution in [0, 0.1) is 17.0 Å². The fourth-order valence-electron chi connectivity index (χ4n) is 2.07. The van der Waals surface area contributed by atoms with Gasteiger partial charge in [0.1, 0.15) is 0 Å². The maximum atomic E-state index is 13.0. The van der Waals surface area contributed by atoms with Crippen LogP contribution in [0.1, 0.15) is 11.1 Å². The van der Waals surface area contributed by atoms with E-state index in [9.17, 15) is 23.3 Å². The molecule has 0 atom stereocenters. The van der Waals surface area contributed by atoms with E-state index < -0.39 is 16.7 Å². The van der Waals surface area contributed by atoms with Crippen LogP contribution in [0.25, 0.3) is 0 Å². The first kappa shape index (κ1) is 17.7. The molecule has 0 spiro atoms. The van der Waals surface area contributed by atoms with Crippen molar-refractivity contribution in [3.8, 4) is 0 Å². The van der Waals surface area contributed by atoms with Crippen molar-refractivity contribution >= 4 is 34.4 Å². The minimum absolute atomic E-state index is 0.102. The van der Waals surface area contributed by atoms with E-state index in [1.165, 1.54) is 37.3 Å². The van der Waals surface area contributed by atoms with Crippen molar-refractivity contribution < 1.29 is 18.1 Å². The number of thiocarbonyl (C=S) groups is 1. The number of hydrogen-bond donors (Lipinski definition) is 2. The van der Waals surface area contributed by atoms with E-state index in [4.69, 9.17) is 12.2 Å². The van der Waals surface area contributed by atoms with Gasteiger partial charge in [0, 0.05) is 6.07 Å². The molecule has 0 saturated carbocycles. The highest BCUT2D eigenvalue weighted by Gasteiger charge is 2.33. The summed E-state index contributed by atoms with van der Waals surface area (Å²) in [6.45, 7) is 1.52. The molecule has 126 valence electrons. The van der Waals surface area contributed by atoms with E-state index in [1.54, 1.807) is 6.07 Å². The van der Waals surface area contributed by atoms with Crippen molar-refractivity contribution in [1.29, 1.82) is 0 Å². The number of nitrogens with one attached hydrogen (secondary N) is 2. The van der Waals surface area contributed by atoms with Crippen LogP contribution in [0.4, 0.5) is 30.2 Å². The molecule has 5 nitrogen and oxygen atoms in total. The normalized spacial score (nSPS) is 11.0. The van der Waals surface area contributed by atoms with Gasteiger partial charge >= 0.3 is 6.18 Å². The van der Waals surface area contributed by atoms with Gasteiger partial charge in [-0.15, -0.1) is 0 Å². The van der Waals surface area contributed by atoms with Gasteiger partial charge in [0.05, 0.1) is 27.4 Å². The first-order valence-corrected chi connectivity index (χ1v) is 7.09. The second-order valence-electron chi connectivity index (χ2n) is 4.83. The van der Waals surface area contributed by atoms with Gasteiger partial charge in [-0.05, 0) is 37.3 Å². The van der Waals surface area contributed by atoms with Crippen LogP contribution in [-0.2, 0) is 6.18 Å². The largest absolute Gasteiger partial charge is 0.418 e. The Balaban J connectivity index is 2.22. The van der Waals surface area contributed by atoms with Gasteiger partial charge in [0.25, 0.3) is 5.69 Å². The number of halogens is 3. The SMILES string of the molecule is Cc1c(NC(=S)Nc2ccccc2C(F)(F)F)cccc1[N+](=O)[O-]. The zero-order valence-electron chi connectivity index (χ0n) is 12.3. The van der Waals surface area contributed by atoms with Crippen LogP contribution < -0.4 is 10.6 Å². The summed E-state index contributed by atoms with van der Waals surface area (Å²) in [5.74, 6) is 0. The predicted octanol–water partition coefficient (Wildman–Crippen LogP) is 4.73. The molecule has 2 rings (SSSR count). The number of nitro benzene ring substituents is 1. The van der Waals surface area contributed by atoms with E-state index >= 15 is 0 Å². The molecule has 0 radical (unpaired) electrons. The fourth-order valence-corrected chi connectivity index (χ4v) is 2.29. The maximum Gasteiger partial charge on any atom is 0.418 e. The second-order valence-corrected chi connectivity index (χ2v) is 5.24. The number of para-hydroxylation sites is 1. The third-order valence-corrected chi connectivity index (χ3v) is 3.43. The third-order valence-electron chi connectivity index (χ3n) is 3.23. The Hall–Kier alpha value is -2.68. The van der Waals surface area contributed by atoms with Crippen LogP contribution in [0.5, 0.6) is 0 Å². The molecule has 2 N–H and O–H groups in total. The van der Waals surface area contributed by atoms with Crippen LogP contribution in [0.2, 0.25) is 0 Å². The molecule has 0 amide bonds. The lowest BCUT2D eigenvalue weighted by atomic mass is 10.1. The Morgan fingerprint density at radius 3 is 2.29 bits per heavy atom. The van der Waals surface area contributed by atoms with E-state index in [2.05, 4.69) is 10.6 Å². The molecular formula is C15H12F3N3O2S. The number of rotatable bonds is 3. The second kappa shape index (κ2) is 6.83. The summed E-state index contributed by atoms with van der Waals surface area (Å²) in [5, 5.41) is 16.0. The summed E-state index contributed by atoms with van der Waals surface area (Å²) in [5.41, 5.74) is -0.504. The molecule has 0 fully saturated rings. The summed E-state index contributed by atoms with van der Waals surface area (Å²) in [6, 6.07) is 9.23. The first-order chi connectivity index (χ1) is 11.2. The fraction of sp³-hybridized carbons (Fsp3) is 0.133. The standard InChI is InChI=1S/C15H12F3N3O2S/c1-9-11(7-4-8-13(9)21(22)23)19-14(24)20-12-6-3-2-5-10(12)15(16,17)18/h2-8H,1H3,(H2,19,20,24). The number of nitro groups is 1. The van der Waals surface area contributed by atoms with Gasteiger partial charge < -0.3 is 10.6 Å². The molecule has 9 heteroatoms. The smallest absolute Gasteiger partial charge is 0.332 e. The molecule has 0 saturated heterocycles. The van der Waals surface area contributed by atoms with E-state index in [1.807, 2.05) is 0 Å². The zero-order chi connectivity index (χ0) is 17.9. The first-order valence-electron chi connectivity index (χ1n) is 6.68. The summed E-state index contributed by atoms with van der Waals surface area (Å²) < 4.78 is 38.9. The summed E-state index contributed by atoms with van der Waals surface area (Å²) in [4.78, 5) is 10.4. The number of nitrogens with zero attached hydrogens (tertiary/aromatic N) is 1. The molecule has 0 unspecified atom stereocenters. The lowest BCUT2D eigenvalue weighted by molar-refractivity contribution is -0.385. The number of anilines is 2. The molecule has 0 aliphatic rings. The van der Waals surface area contributed by atoms with E-state index in [0.29, 0.717) is 11.3 Å². The predicted molar refractivity (Wildman–Crippen MR) is 89.1 cm³/mol. The summed E-state index contributed by atoms with van der Waals surface area (Å²) >= 11 is 5.01. The number of hydrogen-bond acceptors (Lipinski definition) is 3. The highest BCUT2D eigenvalue weighted by atomic mass is 32.1. The van der Waals surface area contributed by atoms with Gasteiger partial charge in [-0.1, -0.05) is 18.2 Å². The Morgan fingerprint density at radius 1 is 1.08 bits per heavy atom. The minimum Gasteiger partial charge on any atom is -0.332 e. The maximum absolute atomic E-state index is 13.0. The Labute approximate surface area is 140 Å². The average molecular weight is 355 g/mol.